The molecule has 102 valence electrons. The Morgan fingerprint density at radius 2 is 2.15 bits per heavy atom. The van der Waals surface area contributed by atoms with Crippen LogP contribution in [0.15, 0.2) is 48.9 Å². The van der Waals surface area contributed by atoms with Crippen LogP contribution >= 0.6 is 0 Å². The second-order valence-corrected chi connectivity index (χ2v) is 4.84. The van der Waals surface area contributed by atoms with Crippen LogP contribution < -0.4 is 5.32 Å². The van der Waals surface area contributed by atoms with E-state index < -0.39 is 0 Å². The number of rotatable bonds is 4. The van der Waals surface area contributed by atoms with Crippen molar-refractivity contribution >= 4 is 10.9 Å². The summed E-state index contributed by atoms with van der Waals surface area (Å²) in [5, 5.41) is 4.38. The standard InChI is InChI=1S/C16H16FN3/c1-18-9-14-4-2-3-13-5-6-20(16(13)14)11-12-7-15(17)10-19-8-12/h2-8,10,18H,9,11H2,1H3. The molecule has 0 radical (unpaired) electrons. The molecular formula is C16H16FN3. The lowest BCUT2D eigenvalue weighted by molar-refractivity contribution is 0.616. The van der Waals surface area contributed by atoms with E-state index in [-0.39, 0.29) is 5.82 Å². The molecule has 0 aliphatic rings. The molecule has 1 aromatic carbocycles. The first kappa shape index (κ1) is 12.8. The van der Waals surface area contributed by atoms with E-state index in [1.807, 2.05) is 13.2 Å². The van der Waals surface area contributed by atoms with Gasteiger partial charge in [0.1, 0.15) is 5.82 Å². The summed E-state index contributed by atoms with van der Waals surface area (Å²) in [6.07, 6.45) is 4.97. The van der Waals surface area contributed by atoms with Gasteiger partial charge in [0.25, 0.3) is 0 Å². The van der Waals surface area contributed by atoms with E-state index in [0.717, 1.165) is 12.1 Å². The number of fused-ring (bicyclic) bond motifs is 1. The Kier molecular flexibility index (Phi) is 3.48. The van der Waals surface area contributed by atoms with Crippen LogP contribution in [0.5, 0.6) is 0 Å². The first-order chi connectivity index (χ1) is 9.78. The molecule has 0 aliphatic carbocycles. The molecule has 0 bridgehead atoms. The van der Waals surface area contributed by atoms with E-state index in [9.17, 15) is 4.39 Å². The highest BCUT2D eigenvalue weighted by atomic mass is 19.1. The van der Waals surface area contributed by atoms with Crippen molar-refractivity contribution in [2.45, 2.75) is 13.1 Å². The van der Waals surface area contributed by atoms with Crippen LogP contribution in [0.25, 0.3) is 10.9 Å². The molecule has 3 aromatic rings. The van der Waals surface area contributed by atoms with Gasteiger partial charge in [0.05, 0.1) is 11.7 Å². The van der Waals surface area contributed by atoms with Crippen LogP contribution in [0.3, 0.4) is 0 Å². The summed E-state index contributed by atoms with van der Waals surface area (Å²) >= 11 is 0. The van der Waals surface area contributed by atoms with E-state index in [0.29, 0.717) is 6.54 Å². The maximum atomic E-state index is 13.2. The van der Waals surface area contributed by atoms with Crippen LogP contribution in [0.1, 0.15) is 11.1 Å². The number of nitrogens with zero attached hydrogens (tertiary/aromatic N) is 2. The average molecular weight is 269 g/mol. The van der Waals surface area contributed by atoms with Gasteiger partial charge in [-0.3, -0.25) is 4.98 Å². The van der Waals surface area contributed by atoms with Gasteiger partial charge in [0.2, 0.25) is 0 Å². The Morgan fingerprint density at radius 1 is 1.25 bits per heavy atom. The molecule has 2 heterocycles. The number of hydrogen-bond acceptors (Lipinski definition) is 2. The molecule has 3 nitrogen and oxygen atoms in total. The molecule has 3 rings (SSSR count). The molecule has 0 saturated heterocycles. The Hall–Kier alpha value is -2.20. The number of pyridine rings is 1. The summed E-state index contributed by atoms with van der Waals surface area (Å²) in [6, 6.07) is 9.87. The van der Waals surface area contributed by atoms with Crippen LogP contribution in [-0.4, -0.2) is 16.6 Å². The highest BCUT2D eigenvalue weighted by Crippen LogP contribution is 2.21. The van der Waals surface area contributed by atoms with Crippen LogP contribution in [-0.2, 0) is 13.1 Å². The van der Waals surface area contributed by atoms with E-state index in [4.69, 9.17) is 0 Å². The number of aromatic nitrogens is 2. The van der Waals surface area contributed by atoms with Gasteiger partial charge in [-0.05, 0) is 35.7 Å². The van der Waals surface area contributed by atoms with Gasteiger partial charge >= 0.3 is 0 Å². The monoisotopic (exact) mass is 269 g/mol. The summed E-state index contributed by atoms with van der Waals surface area (Å²) in [5.74, 6) is -0.297. The van der Waals surface area contributed by atoms with Gasteiger partial charge in [-0.15, -0.1) is 0 Å². The maximum absolute atomic E-state index is 13.2. The molecule has 0 unspecified atom stereocenters. The Balaban J connectivity index is 2.03. The molecule has 20 heavy (non-hydrogen) atoms. The second-order valence-electron chi connectivity index (χ2n) is 4.84. The SMILES string of the molecule is CNCc1cccc2ccn(Cc3cncc(F)c3)c12. The third kappa shape index (κ3) is 2.42. The maximum Gasteiger partial charge on any atom is 0.141 e. The molecule has 0 amide bonds. The zero-order valence-electron chi connectivity index (χ0n) is 11.3. The van der Waals surface area contributed by atoms with Crippen molar-refractivity contribution in [3.63, 3.8) is 0 Å². The molecule has 2 aromatic heterocycles. The lowest BCUT2D eigenvalue weighted by Crippen LogP contribution is -2.08. The molecule has 4 heteroatoms. The minimum absolute atomic E-state index is 0.297. The normalized spacial score (nSPS) is 11.1. The van der Waals surface area contributed by atoms with E-state index in [1.165, 1.54) is 28.7 Å². The van der Waals surface area contributed by atoms with Crippen molar-refractivity contribution in [2.24, 2.45) is 0 Å². The van der Waals surface area contributed by atoms with Crippen molar-refractivity contribution < 1.29 is 4.39 Å². The van der Waals surface area contributed by atoms with Gasteiger partial charge in [0.15, 0.2) is 0 Å². The zero-order chi connectivity index (χ0) is 13.9. The molecule has 0 spiro atoms. The minimum Gasteiger partial charge on any atom is -0.343 e. The van der Waals surface area contributed by atoms with Crippen molar-refractivity contribution in [1.82, 2.24) is 14.9 Å². The topological polar surface area (TPSA) is 29.9 Å². The van der Waals surface area contributed by atoms with Gasteiger partial charge < -0.3 is 9.88 Å². The third-order valence-corrected chi connectivity index (χ3v) is 3.35. The Bertz CT molecular complexity index is 733. The molecule has 0 fully saturated rings. The van der Waals surface area contributed by atoms with E-state index in [2.05, 4.69) is 39.1 Å². The second kappa shape index (κ2) is 5.43. The Labute approximate surface area is 117 Å². The van der Waals surface area contributed by atoms with Crippen LogP contribution in [0.4, 0.5) is 4.39 Å². The zero-order valence-corrected chi connectivity index (χ0v) is 11.3. The van der Waals surface area contributed by atoms with Gasteiger partial charge in [-0.2, -0.15) is 0 Å². The lowest BCUT2D eigenvalue weighted by atomic mass is 10.1. The van der Waals surface area contributed by atoms with E-state index in [1.54, 1.807) is 6.20 Å². The highest BCUT2D eigenvalue weighted by Gasteiger charge is 2.07. The van der Waals surface area contributed by atoms with Gasteiger partial charge in [-0.1, -0.05) is 18.2 Å². The molecule has 1 N–H and O–H groups in total. The Morgan fingerprint density at radius 3 is 2.95 bits per heavy atom. The number of hydrogen-bond donors (Lipinski definition) is 1. The van der Waals surface area contributed by atoms with Crippen LogP contribution in [0.2, 0.25) is 0 Å². The summed E-state index contributed by atoms with van der Waals surface area (Å²) in [7, 11) is 1.93. The molecule has 0 aliphatic heterocycles. The fourth-order valence-electron chi connectivity index (χ4n) is 2.54. The number of halogens is 1. The number of para-hydroxylation sites is 1. The predicted molar refractivity (Wildman–Crippen MR) is 78.0 cm³/mol. The highest BCUT2D eigenvalue weighted by molar-refractivity contribution is 5.83. The summed E-state index contributed by atoms with van der Waals surface area (Å²) in [5.41, 5.74) is 3.28. The summed E-state index contributed by atoms with van der Waals surface area (Å²) < 4.78 is 15.4. The van der Waals surface area contributed by atoms with Crippen molar-refractivity contribution in [3.8, 4) is 0 Å². The lowest BCUT2D eigenvalue weighted by Gasteiger charge is -2.10. The summed E-state index contributed by atoms with van der Waals surface area (Å²) in [4.78, 5) is 3.90. The number of benzene rings is 1. The molecular weight excluding hydrogens is 253 g/mol. The van der Waals surface area contributed by atoms with Crippen LogP contribution in [0, 0.1) is 5.82 Å². The van der Waals surface area contributed by atoms with Gasteiger partial charge in [0, 0.05) is 25.5 Å². The largest absolute Gasteiger partial charge is 0.343 e. The fraction of sp³-hybridized carbons (Fsp3) is 0.188. The fourth-order valence-corrected chi connectivity index (χ4v) is 2.54. The average Bonchev–Trinajstić information content (AvgIpc) is 2.84. The summed E-state index contributed by atoms with van der Waals surface area (Å²) in [6.45, 7) is 1.43. The van der Waals surface area contributed by atoms with Crippen molar-refractivity contribution in [1.29, 1.82) is 0 Å². The van der Waals surface area contributed by atoms with E-state index >= 15 is 0 Å². The van der Waals surface area contributed by atoms with Crippen molar-refractivity contribution in [3.05, 3.63) is 65.9 Å². The smallest absolute Gasteiger partial charge is 0.141 e. The minimum atomic E-state index is -0.297. The molecule has 0 atom stereocenters. The number of nitrogens with one attached hydrogen (secondary N) is 1. The molecule has 0 saturated carbocycles. The van der Waals surface area contributed by atoms with Gasteiger partial charge in [-0.25, -0.2) is 4.39 Å². The third-order valence-electron chi connectivity index (χ3n) is 3.35. The van der Waals surface area contributed by atoms with Crippen molar-refractivity contribution in [2.75, 3.05) is 7.05 Å². The predicted octanol–water partition coefficient (Wildman–Crippen LogP) is 2.94. The first-order valence-electron chi connectivity index (χ1n) is 6.58. The quantitative estimate of drug-likeness (QED) is 0.789. The first-order valence-corrected chi connectivity index (χ1v) is 6.58.